The van der Waals surface area contributed by atoms with Crippen molar-refractivity contribution in [1.29, 1.82) is 0 Å². The number of ether oxygens (including phenoxy) is 1. The van der Waals surface area contributed by atoms with Crippen molar-refractivity contribution in [2.45, 2.75) is 33.7 Å². The number of Topliss-reactive ketones (excluding diaryl/α,β-unsaturated/α-hetero) is 1. The Hall–Kier alpha value is -2.96. The predicted octanol–water partition coefficient (Wildman–Crippen LogP) is 1.87. The van der Waals surface area contributed by atoms with E-state index in [4.69, 9.17) is 4.74 Å². The van der Waals surface area contributed by atoms with Gasteiger partial charge >= 0.3 is 5.97 Å². The lowest BCUT2D eigenvalue weighted by Crippen LogP contribution is -2.26. The summed E-state index contributed by atoms with van der Waals surface area (Å²) in [6.45, 7) is 5.21. The molecule has 0 saturated heterocycles. The molecule has 0 atom stereocenters. The molecule has 2 heterocycles. The second kappa shape index (κ2) is 7.74. The maximum absolute atomic E-state index is 12.2. The molecule has 2 N–H and O–H groups in total. The number of esters is 1. The van der Waals surface area contributed by atoms with Crippen LogP contribution in [0.1, 0.15) is 50.4 Å². The van der Waals surface area contributed by atoms with Gasteiger partial charge in [-0.2, -0.15) is 0 Å². The molecule has 0 aliphatic rings. The summed E-state index contributed by atoms with van der Waals surface area (Å²) in [6.07, 6.45) is -0.0651. The van der Waals surface area contributed by atoms with Gasteiger partial charge in [-0.1, -0.05) is 6.07 Å². The largest absolute Gasteiger partial charge is 0.465 e. The van der Waals surface area contributed by atoms with Gasteiger partial charge in [0.2, 0.25) is 5.91 Å². The molecule has 0 aliphatic heterocycles. The van der Waals surface area contributed by atoms with Crippen LogP contribution in [0.5, 0.6) is 0 Å². The third-order valence-electron chi connectivity index (χ3n) is 3.82. The minimum Gasteiger partial charge on any atom is -0.465 e. The lowest BCUT2D eigenvalue weighted by atomic mass is 10.1. The van der Waals surface area contributed by atoms with Gasteiger partial charge in [0.1, 0.15) is 0 Å². The Kier molecular flexibility index (Phi) is 5.69. The lowest BCUT2D eigenvalue weighted by Gasteiger charge is -2.06. The van der Waals surface area contributed by atoms with Crippen molar-refractivity contribution in [3.8, 4) is 0 Å². The number of rotatable bonds is 6. The molecule has 7 nitrogen and oxygen atoms in total. The number of H-pyrrole nitrogens is 1. The normalized spacial score (nSPS) is 10.4. The smallest absolute Gasteiger partial charge is 0.339 e. The SMILES string of the molecule is COC(=O)c1c(CC(=O)NCc2cccc(C)n2)[nH]c(C(C)=O)c1C. The molecular formula is C18H21N3O4. The van der Waals surface area contributed by atoms with E-state index in [-0.39, 0.29) is 30.2 Å². The second-order valence-electron chi connectivity index (χ2n) is 5.75. The van der Waals surface area contributed by atoms with E-state index in [0.29, 0.717) is 17.0 Å². The van der Waals surface area contributed by atoms with Crippen molar-refractivity contribution in [1.82, 2.24) is 15.3 Å². The van der Waals surface area contributed by atoms with E-state index in [1.165, 1.54) is 14.0 Å². The van der Waals surface area contributed by atoms with Gasteiger partial charge in [-0.3, -0.25) is 14.6 Å². The standard InChI is InChI=1S/C18H21N3O4/c1-10-6-5-7-13(20-10)9-19-15(23)8-14-16(18(24)25-4)11(2)17(21-14)12(3)22/h5-7,21H,8-9H2,1-4H3,(H,19,23). The fourth-order valence-electron chi connectivity index (χ4n) is 2.63. The molecule has 0 bridgehead atoms. The molecule has 2 aromatic heterocycles. The van der Waals surface area contributed by atoms with Crippen LogP contribution in [-0.2, 0) is 22.5 Å². The first-order valence-electron chi connectivity index (χ1n) is 7.83. The molecule has 0 radical (unpaired) electrons. The van der Waals surface area contributed by atoms with Gasteiger partial charge in [-0.05, 0) is 31.5 Å². The molecule has 25 heavy (non-hydrogen) atoms. The van der Waals surface area contributed by atoms with Crippen LogP contribution in [0.15, 0.2) is 18.2 Å². The average Bonchev–Trinajstić information content (AvgIpc) is 2.89. The highest BCUT2D eigenvalue weighted by atomic mass is 16.5. The Morgan fingerprint density at radius 1 is 1.24 bits per heavy atom. The summed E-state index contributed by atoms with van der Waals surface area (Å²) in [5.74, 6) is -1.08. The first-order valence-corrected chi connectivity index (χ1v) is 7.83. The number of nitrogens with one attached hydrogen (secondary N) is 2. The second-order valence-corrected chi connectivity index (χ2v) is 5.75. The third kappa shape index (κ3) is 4.32. The summed E-state index contributed by atoms with van der Waals surface area (Å²) in [6, 6.07) is 5.56. The van der Waals surface area contributed by atoms with Crippen LogP contribution in [0.3, 0.4) is 0 Å². The van der Waals surface area contributed by atoms with Gasteiger partial charge in [0.25, 0.3) is 0 Å². The first-order chi connectivity index (χ1) is 11.8. The van der Waals surface area contributed by atoms with Gasteiger partial charge < -0.3 is 15.0 Å². The molecule has 0 spiro atoms. The fourth-order valence-corrected chi connectivity index (χ4v) is 2.63. The summed E-state index contributed by atoms with van der Waals surface area (Å²) >= 11 is 0. The van der Waals surface area contributed by atoms with Gasteiger partial charge in [-0.25, -0.2) is 4.79 Å². The predicted molar refractivity (Wildman–Crippen MR) is 91.4 cm³/mol. The Balaban J connectivity index is 2.15. The van der Waals surface area contributed by atoms with E-state index in [1.54, 1.807) is 6.92 Å². The van der Waals surface area contributed by atoms with Gasteiger partial charge in [0.15, 0.2) is 5.78 Å². The number of aromatic nitrogens is 2. The van der Waals surface area contributed by atoms with Crippen LogP contribution >= 0.6 is 0 Å². The molecular weight excluding hydrogens is 322 g/mol. The topological polar surface area (TPSA) is 101 Å². The number of methoxy groups -OCH3 is 1. The summed E-state index contributed by atoms with van der Waals surface area (Å²) in [7, 11) is 1.26. The van der Waals surface area contributed by atoms with Crippen molar-refractivity contribution in [3.63, 3.8) is 0 Å². The Morgan fingerprint density at radius 2 is 1.96 bits per heavy atom. The van der Waals surface area contributed by atoms with E-state index in [0.717, 1.165) is 11.4 Å². The van der Waals surface area contributed by atoms with E-state index in [1.807, 2.05) is 25.1 Å². The number of amides is 1. The number of aromatic amines is 1. The summed E-state index contributed by atoms with van der Waals surface area (Å²) < 4.78 is 4.76. The highest BCUT2D eigenvalue weighted by Gasteiger charge is 2.24. The Labute approximate surface area is 145 Å². The Morgan fingerprint density at radius 3 is 2.56 bits per heavy atom. The quantitative estimate of drug-likeness (QED) is 0.616. The van der Waals surface area contributed by atoms with Gasteiger partial charge in [0.05, 0.1) is 37.0 Å². The number of hydrogen-bond donors (Lipinski definition) is 2. The Bertz CT molecular complexity index is 824. The molecule has 7 heteroatoms. The summed E-state index contributed by atoms with van der Waals surface area (Å²) in [4.78, 5) is 43.1. The van der Waals surface area contributed by atoms with Crippen LogP contribution in [0.25, 0.3) is 0 Å². The van der Waals surface area contributed by atoms with E-state index in [2.05, 4.69) is 15.3 Å². The van der Waals surface area contributed by atoms with Gasteiger partial charge in [0, 0.05) is 18.3 Å². The molecule has 0 aromatic carbocycles. The number of carbonyl (C=O) groups excluding carboxylic acids is 3. The zero-order valence-electron chi connectivity index (χ0n) is 14.7. The molecule has 2 aromatic rings. The molecule has 132 valence electrons. The highest BCUT2D eigenvalue weighted by molar-refractivity contribution is 6.01. The number of nitrogens with zero attached hydrogens (tertiary/aromatic N) is 1. The van der Waals surface area contributed by atoms with Gasteiger partial charge in [-0.15, -0.1) is 0 Å². The lowest BCUT2D eigenvalue weighted by molar-refractivity contribution is -0.120. The fraction of sp³-hybridized carbons (Fsp3) is 0.333. The monoisotopic (exact) mass is 343 g/mol. The van der Waals surface area contributed by atoms with Crippen LogP contribution in [0.4, 0.5) is 0 Å². The zero-order valence-corrected chi connectivity index (χ0v) is 14.7. The zero-order chi connectivity index (χ0) is 18.6. The van der Waals surface area contributed by atoms with Crippen molar-refractivity contribution < 1.29 is 19.1 Å². The van der Waals surface area contributed by atoms with Crippen molar-refractivity contribution in [2.24, 2.45) is 0 Å². The molecule has 0 unspecified atom stereocenters. The van der Waals surface area contributed by atoms with Crippen molar-refractivity contribution in [3.05, 3.63) is 52.1 Å². The van der Waals surface area contributed by atoms with E-state index >= 15 is 0 Å². The number of carbonyl (C=O) groups is 3. The molecule has 2 rings (SSSR count). The first kappa shape index (κ1) is 18.4. The minimum atomic E-state index is -0.579. The molecule has 0 aliphatic carbocycles. The number of aryl methyl sites for hydroxylation is 1. The molecule has 0 saturated carbocycles. The van der Waals surface area contributed by atoms with Crippen LogP contribution in [0, 0.1) is 13.8 Å². The average molecular weight is 343 g/mol. The van der Waals surface area contributed by atoms with Crippen molar-refractivity contribution in [2.75, 3.05) is 7.11 Å². The number of ketones is 1. The molecule has 1 amide bonds. The van der Waals surface area contributed by atoms with Crippen LogP contribution < -0.4 is 5.32 Å². The summed E-state index contributed by atoms with van der Waals surface area (Å²) in [5, 5.41) is 2.76. The third-order valence-corrected chi connectivity index (χ3v) is 3.82. The number of hydrogen-bond acceptors (Lipinski definition) is 5. The van der Waals surface area contributed by atoms with Crippen molar-refractivity contribution >= 4 is 17.7 Å². The summed E-state index contributed by atoms with van der Waals surface area (Å²) in [5.41, 5.74) is 3.01. The van der Waals surface area contributed by atoms with Crippen LogP contribution in [0.2, 0.25) is 0 Å². The maximum atomic E-state index is 12.2. The van der Waals surface area contributed by atoms with Crippen LogP contribution in [-0.4, -0.2) is 34.7 Å². The van der Waals surface area contributed by atoms with E-state index in [9.17, 15) is 14.4 Å². The number of pyridine rings is 1. The maximum Gasteiger partial charge on any atom is 0.339 e. The van der Waals surface area contributed by atoms with E-state index < -0.39 is 5.97 Å². The highest BCUT2D eigenvalue weighted by Crippen LogP contribution is 2.20. The molecule has 0 fully saturated rings. The minimum absolute atomic E-state index is 0.0651.